The van der Waals surface area contributed by atoms with Crippen LogP contribution in [0.4, 0.5) is 0 Å². The number of nitrogens with one attached hydrogen (secondary N) is 2. The van der Waals surface area contributed by atoms with E-state index in [9.17, 15) is 9.59 Å². The number of piperidine rings is 1. The maximum absolute atomic E-state index is 13.0. The topological polar surface area (TPSA) is 95.0 Å². The van der Waals surface area contributed by atoms with Crippen molar-refractivity contribution in [2.24, 2.45) is 0 Å². The number of allylic oxidation sites excluding steroid dienone is 1. The monoisotopic (exact) mass is 502 g/mol. The standard InChI is InChI=1S/C26H35ClN4O4/c1-17-14-31(15-18(2)34-17)26(33)25(28)20-8-5-10-22(20)29-13-24(32)30-12-6-7-19(16-30)35-23-11-4-3-9-21(23)27/h3-4,9,11,17-19,28-29H,5-8,10,12-16H2,1-2H3/t17-,18+,19?. The van der Waals surface area contributed by atoms with Crippen LogP contribution >= 0.6 is 11.6 Å². The lowest BCUT2D eigenvalue weighted by molar-refractivity contribution is -0.136. The molecule has 2 heterocycles. The predicted octanol–water partition coefficient (Wildman–Crippen LogP) is 3.39. The van der Waals surface area contributed by atoms with Gasteiger partial charge in [0.15, 0.2) is 0 Å². The Morgan fingerprint density at radius 3 is 2.60 bits per heavy atom. The largest absolute Gasteiger partial charge is 0.487 e. The van der Waals surface area contributed by atoms with E-state index in [2.05, 4.69) is 5.32 Å². The van der Waals surface area contributed by atoms with Crippen molar-refractivity contribution in [1.29, 1.82) is 5.41 Å². The van der Waals surface area contributed by atoms with Crippen molar-refractivity contribution in [2.75, 3.05) is 32.7 Å². The van der Waals surface area contributed by atoms with Gasteiger partial charge in [-0.3, -0.25) is 15.0 Å². The lowest BCUT2D eigenvalue weighted by Crippen LogP contribution is -2.50. The van der Waals surface area contributed by atoms with Crippen molar-refractivity contribution in [3.05, 3.63) is 40.6 Å². The van der Waals surface area contributed by atoms with E-state index >= 15 is 0 Å². The summed E-state index contributed by atoms with van der Waals surface area (Å²) in [6.07, 6.45) is 3.84. The molecule has 4 rings (SSSR count). The summed E-state index contributed by atoms with van der Waals surface area (Å²) in [5.41, 5.74) is 1.60. The minimum absolute atomic E-state index is 0.00936. The van der Waals surface area contributed by atoms with Crippen LogP contribution in [0.5, 0.6) is 5.75 Å². The van der Waals surface area contributed by atoms with Crippen LogP contribution in [0.15, 0.2) is 35.5 Å². The molecule has 0 aromatic heterocycles. The van der Waals surface area contributed by atoms with Gasteiger partial charge in [-0.25, -0.2) is 0 Å². The molecule has 0 radical (unpaired) electrons. The summed E-state index contributed by atoms with van der Waals surface area (Å²) in [4.78, 5) is 29.5. The van der Waals surface area contributed by atoms with Crippen molar-refractivity contribution in [2.45, 2.75) is 64.3 Å². The zero-order valence-corrected chi connectivity index (χ0v) is 21.3. The molecule has 1 aliphatic carbocycles. The van der Waals surface area contributed by atoms with Crippen molar-refractivity contribution in [3.63, 3.8) is 0 Å². The van der Waals surface area contributed by atoms with E-state index in [-0.39, 0.29) is 42.4 Å². The number of carbonyl (C=O) groups excluding carboxylic acids is 2. The molecule has 3 atom stereocenters. The molecule has 35 heavy (non-hydrogen) atoms. The highest BCUT2D eigenvalue weighted by molar-refractivity contribution is 6.44. The molecule has 8 nitrogen and oxygen atoms in total. The Hall–Kier alpha value is -2.58. The van der Waals surface area contributed by atoms with Crippen LogP contribution in [0.3, 0.4) is 0 Å². The molecule has 1 aromatic rings. The number of benzene rings is 1. The zero-order chi connectivity index (χ0) is 24.9. The van der Waals surface area contributed by atoms with Crippen LogP contribution in [0.1, 0.15) is 46.0 Å². The van der Waals surface area contributed by atoms with Crippen molar-refractivity contribution in [3.8, 4) is 5.75 Å². The fraction of sp³-hybridized carbons (Fsp3) is 0.577. The Balaban J connectivity index is 1.32. The Bertz CT molecular complexity index is 987. The summed E-state index contributed by atoms with van der Waals surface area (Å²) < 4.78 is 11.8. The summed E-state index contributed by atoms with van der Waals surface area (Å²) in [6.45, 7) is 6.22. The molecule has 1 unspecified atom stereocenters. The highest BCUT2D eigenvalue weighted by Gasteiger charge is 2.32. The molecular formula is C26H35ClN4O4. The number of halogens is 1. The first kappa shape index (κ1) is 25.5. The quantitative estimate of drug-likeness (QED) is 0.557. The van der Waals surface area contributed by atoms with Gasteiger partial charge in [-0.05, 0) is 58.1 Å². The zero-order valence-electron chi connectivity index (χ0n) is 20.5. The first-order valence-corrected chi connectivity index (χ1v) is 12.9. The first-order valence-electron chi connectivity index (χ1n) is 12.5. The summed E-state index contributed by atoms with van der Waals surface area (Å²) >= 11 is 6.22. The van der Waals surface area contributed by atoms with E-state index in [0.717, 1.165) is 37.0 Å². The molecule has 2 amide bonds. The van der Waals surface area contributed by atoms with Gasteiger partial charge in [-0.15, -0.1) is 0 Å². The Morgan fingerprint density at radius 2 is 1.86 bits per heavy atom. The van der Waals surface area contributed by atoms with Gasteiger partial charge in [0, 0.05) is 30.9 Å². The lowest BCUT2D eigenvalue weighted by atomic mass is 10.1. The molecule has 2 aliphatic heterocycles. The first-order chi connectivity index (χ1) is 16.8. The molecule has 2 saturated heterocycles. The minimum atomic E-state index is -0.259. The summed E-state index contributed by atoms with van der Waals surface area (Å²) in [5.74, 6) is 0.370. The molecular weight excluding hydrogens is 468 g/mol. The third-order valence-corrected chi connectivity index (χ3v) is 7.07. The van der Waals surface area contributed by atoms with E-state index < -0.39 is 0 Å². The Morgan fingerprint density at radius 1 is 1.11 bits per heavy atom. The SMILES string of the molecule is C[C@@H]1CN(C(=O)C(=N)C2=C(NCC(=O)N3CCCC(Oc4ccccc4Cl)C3)CCC2)C[C@H](C)O1. The maximum Gasteiger partial charge on any atom is 0.272 e. The van der Waals surface area contributed by atoms with Gasteiger partial charge >= 0.3 is 0 Å². The average molecular weight is 503 g/mol. The van der Waals surface area contributed by atoms with E-state index in [1.165, 1.54) is 0 Å². The van der Waals surface area contributed by atoms with E-state index in [1.807, 2.05) is 36.9 Å². The number of hydrogen-bond donors (Lipinski definition) is 2. The second kappa shape index (κ2) is 11.4. The van der Waals surface area contributed by atoms with Gasteiger partial charge in [-0.1, -0.05) is 23.7 Å². The maximum atomic E-state index is 13.0. The second-order valence-electron chi connectivity index (χ2n) is 9.66. The highest BCUT2D eigenvalue weighted by atomic mass is 35.5. The van der Waals surface area contributed by atoms with Gasteiger partial charge in [0.25, 0.3) is 5.91 Å². The number of ether oxygens (including phenoxy) is 2. The van der Waals surface area contributed by atoms with Crippen molar-refractivity contribution < 1.29 is 19.1 Å². The van der Waals surface area contributed by atoms with Crippen LogP contribution in [0, 0.1) is 5.41 Å². The summed E-state index contributed by atoms with van der Waals surface area (Å²) in [5, 5.41) is 12.4. The molecule has 9 heteroatoms. The normalized spacial score (nSPS) is 24.9. The number of morpholine rings is 1. The van der Waals surface area contributed by atoms with Crippen LogP contribution in [0.2, 0.25) is 5.02 Å². The van der Waals surface area contributed by atoms with Gasteiger partial charge < -0.3 is 24.6 Å². The molecule has 1 aromatic carbocycles. The third-order valence-electron chi connectivity index (χ3n) is 6.75. The van der Waals surface area contributed by atoms with Gasteiger partial charge in [-0.2, -0.15) is 0 Å². The molecule has 3 aliphatic rings. The van der Waals surface area contributed by atoms with Gasteiger partial charge in [0.1, 0.15) is 17.6 Å². The fourth-order valence-corrected chi connectivity index (χ4v) is 5.30. The third kappa shape index (κ3) is 6.35. The van der Waals surface area contributed by atoms with Crippen molar-refractivity contribution >= 4 is 29.1 Å². The van der Waals surface area contributed by atoms with E-state index in [1.54, 1.807) is 11.0 Å². The summed E-state index contributed by atoms with van der Waals surface area (Å²) in [7, 11) is 0. The molecule has 0 saturated carbocycles. The van der Waals surface area contributed by atoms with Crippen LogP contribution in [-0.2, 0) is 14.3 Å². The number of nitrogens with zero attached hydrogens (tertiary/aromatic N) is 2. The highest BCUT2D eigenvalue weighted by Crippen LogP contribution is 2.28. The number of carbonyl (C=O) groups is 2. The van der Waals surface area contributed by atoms with Gasteiger partial charge in [0.2, 0.25) is 5.91 Å². The van der Waals surface area contributed by atoms with Crippen molar-refractivity contribution in [1.82, 2.24) is 15.1 Å². The summed E-state index contributed by atoms with van der Waals surface area (Å²) in [6, 6.07) is 7.38. The van der Waals surface area contributed by atoms with Crippen LogP contribution in [-0.4, -0.2) is 78.4 Å². The minimum Gasteiger partial charge on any atom is -0.487 e. The Kier molecular flexibility index (Phi) is 8.34. The lowest BCUT2D eigenvalue weighted by Gasteiger charge is -2.35. The number of likely N-dealkylation sites (tertiary alicyclic amines) is 1. The van der Waals surface area contributed by atoms with Crippen LogP contribution in [0.25, 0.3) is 0 Å². The molecule has 190 valence electrons. The Labute approximate surface area is 212 Å². The molecule has 2 fully saturated rings. The van der Waals surface area contributed by atoms with Gasteiger partial charge in [0.05, 0.1) is 30.3 Å². The second-order valence-corrected chi connectivity index (χ2v) is 10.1. The van der Waals surface area contributed by atoms with E-state index in [4.69, 9.17) is 26.5 Å². The molecule has 2 N–H and O–H groups in total. The smallest absolute Gasteiger partial charge is 0.272 e. The van der Waals surface area contributed by atoms with E-state index in [0.29, 0.717) is 43.4 Å². The number of para-hydroxylation sites is 1. The van der Waals surface area contributed by atoms with Crippen LogP contribution < -0.4 is 10.1 Å². The number of amides is 2. The average Bonchev–Trinajstić information content (AvgIpc) is 3.31. The number of hydrogen-bond acceptors (Lipinski definition) is 6. The predicted molar refractivity (Wildman–Crippen MR) is 135 cm³/mol. The molecule has 0 bridgehead atoms. The molecule has 0 spiro atoms. The number of rotatable bonds is 7. The fourth-order valence-electron chi connectivity index (χ4n) is 5.12.